The molecule has 34 heavy (non-hydrogen) atoms. The van der Waals surface area contributed by atoms with Crippen molar-refractivity contribution in [2.45, 2.75) is 33.6 Å². The minimum Gasteiger partial charge on any atom is -0.474 e. The molecule has 0 saturated heterocycles. The van der Waals surface area contributed by atoms with E-state index in [1.54, 1.807) is 12.3 Å². The minimum absolute atomic E-state index is 0.287. The predicted octanol–water partition coefficient (Wildman–Crippen LogP) is 4.88. The van der Waals surface area contributed by atoms with Crippen LogP contribution < -0.4 is 19.7 Å². The summed E-state index contributed by atoms with van der Waals surface area (Å²) in [5.41, 5.74) is 3.46. The highest BCUT2D eigenvalue weighted by Crippen LogP contribution is 2.27. The maximum Gasteiger partial charge on any atom is 0.320 e. The number of hydrogen-bond donors (Lipinski definition) is 2. The summed E-state index contributed by atoms with van der Waals surface area (Å²) in [6, 6.07) is 14.0. The van der Waals surface area contributed by atoms with Gasteiger partial charge in [-0.2, -0.15) is 9.97 Å². The van der Waals surface area contributed by atoms with Crippen molar-refractivity contribution in [3.8, 4) is 11.9 Å². The van der Waals surface area contributed by atoms with E-state index < -0.39 is 0 Å². The Balaban J connectivity index is 1.57. The van der Waals surface area contributed by atoms with Gasteiger partial charge in [-0.05, 0) is 43.5 Å². The van der Waals surface area contributed by atoms with E-state index in [1.807, 2.05) is 24.3 Å². The molecule has 0 aliphatic carbocycles. The predicted molar refractivity (Wildman–Crippen MR) is 134 cm³/mol. The molecular weight excluding hydrogens is 430 g/mol. The zero-order chi connectivity index (χ0) is 23.8. The fraction of sp³-hybridized carbons (Fsp3) is 0.360. The number of benzene rings is 1. The third kappa shape index (κ3) is 5.92. The van der Waals surface area contributed by atoms with Gasteiger partial charge in [0.1, 0.15) is 13.2 Å². The first-order valence-electron chi connectivity index (χ1n) is 11.7. The first-order valence-corrected chi connectivity index (χ1v) is 11.7. The van der Waals surface area contributed by atoms with Crippen LogP contribution in [0.15, 0.2) is 48.7 Å². The number of nitrogens with one attached hydrogen (secondary N) is 2. The van der Waals surface area contributed by atoms with Crippen LogP contribution in [0.1, 0.15) is 32.3 Å². The Morgan fingerprint density at radius 1 is 0.941 bits per heavy atom. The van der Waals surface area contributed by atoms with Gasteiger partial charge in [0.2, 0.25) is 11.8 Å². The van der Waals surface area contributed by atoms with Gasteiger partial charge in [-0.1, -0.05) is 32.0 Å². The van der Waals surface area contributed by atoms with E-state index in [2.05, 4.69) is 58.1 Å². The molecule has 1 aromatic carbocycles. The van der Waals surface area contributed by atoms with Gasteiger partial charge in [-0.3, -0.25) is 0 Å². The van der Waals surface area contributed by atoms with Crippen molar-refractivity contribution in [3.63, 3.8) is 0 Å². The average Bonchev–Trinajstić information content (AvgIpc) is 3.24. The van der Waals surface area contributed by atoms with E-state index in [9.17, 15) is 0 Å². The van der Waals surface area contributed by atoms with E-state index in [0.29, 0.717) is 36.2 Å². The van der Waals surface area contributed by atoms with Gasteiger partial charge >= 0.3 is 6.01 Å². The number of pyridine rings is 1. The fourth-order valence-corrected chi connectivity index (χ4v) is 3.64. The molecule has 0 aliphatic rings. The van der Waals surface area contributed by atoms with Crippen molar-refractivity contribution in [3.05, 3.63) is 54.2 Å². The summed E-state index contributed by atoms with van der Waals surface area (Å²) in [5.74, 6) is 1.93. The lowest BCUT2D eigenvalue weighted by atomic mass is 10.2. The molecule has 4 rings (SSSR count). The quantitative estimate of drug-likeness (QED) is 0.288. The first-order chi connectivity index (χ1) is 16.7. The van der Waals surface area contributed by atoms with E-state index in [1.165, 1.54) is 5.56 Å². The number of rotatable bonds is 12. The summed E-state index contributed by atoms with van der Waals surface area (Å²) in [5, 5.41) is 3.33. The number of ether oxygens (including phenoxy) is 2. The summed E-state index contributed by atoms with van der Waals surface area (Å²) in [7, 11) is 0. The molecule has 0 unspecified atom stereocenters. The highest BCUT2D eigenvalue weighted by atomic mass is 16.5. The van der Waals surface area contributed by atoms with Crippen molar-refractivity contribution < 1.29 is 9.47 Å². The molecule has 0 saturated carbocycles. The number of anilines is 3. The lowest BCUT2D eigenvalue weighted by molar-refractivity contribution is 0.202. The average molecular weight is 462 g/mol. The smallest absolute Gasteiger partial charge is 0.320 e. The molecule has 2 N–H and O–H groups in total. The number of fused-ring (bicyclic) bond motifs is 1. The lowest BCUT2D eigenvalue weighted by Crippen LogP contribution is -2.26. The monoisotopic (exact) mass is 461 g/mol. The topological polar surface area (TPSA) is 101 Å². The molecule has 0 bridgehead atoms. The van der Waals surface area contributed by atoms with Crippen LogP contribution in [0.25, 0.3) is 11.2 Å². The number of aromatic nitrogens is 5. The van der Waals surface area contributed by atoms with Crippen molar-refractivity contribution in [1.29, 1.82) is 0 Å². The largest absolute Gasteiger partial charge is 0.474 e. The molecule has 0 fully saturated rings. The number of imidazole rings is 1. The second kappa shape index (κ2) is 11.3. The van der Waals surface area contributed by atoms with E-state index in [4.69, 9.17) is 19.4 Å². The minimum atomic E-state index is 0.287. The Bertz CT molecular complexity index is 1190. The third-order valence-corrected chi connectivity index (χ3v) is 5.08. The van der Waals surface area contributed by atoms with Gasteiger partial charge in [0.25, 0.3) is 0 Å². The molecular formula is C25H31N7O2. The molecule has 9 heteroatoms. The Hall–Kier alpha value is -3.88. The summed E-state index contributed by atoms with van der Waals surface area (Å²) in [6.45, 7) is 8.74. The summed E-state index contributed by atoms with van der Waals surface area (Å²) in [4.78, 5) is 23.7. The van der Waals surface area contributed by atoms with Crippen LogP contribution in [-0.4, -0.2) is 51.2 Å². The Labute approximate surface area is 199 Å². The molecule has 9 nitrogen and oxygen atoms in total. The number of aryl methyl sites for hydroxylation is 1. The van der Waals surface area contributed by atoms with Gasteiger partial charge in [0.05, 0.1) is 0 Å². The summed E-state index contributed by atoms with van der Waals surface area (Å²) >= 11 is 0. The Kier molecular flexibility index (Phi) is 7.75. The molecule has 0 aliphatic heterocycles. The summed E-state index contributed by atoms with van der Waals surface area (Å²) < 4.78 is 11.5. The third-order valence-electron chi connectivity index (χ3n) is 5.08. The molecule has 0 spiro atoms. The zero-order valence-electron chi connectivity index (χ0n) is 19.9. The highest BCUT2D eigenvalue weighted by Gasteiger charge is 2.18. The van der Waals surface area contributed by atoms with Crippen LogP contribution in [0.2, 0.25) is 0 Å². The standard InChI is InChI=1S/C25H31N7O2/c1-4-13-32(14-5-2)23-21-22(29-24(28-21)27-19-10-8-9-18(3)17-19)30-25(31-23)34-16-15-33-20-11-6-7-12-26-20/h6-12,17H,4-5,13-16H2,1-3H3,(H2,27,28,29,30,31). The molecule has 4 aromatic rings. The van der Waals surface area contributed by atoms with Crippen molar-refractivity contribution in [2.24, 2.45) is 0 Å². The van der Waals surface area contributed by atoms with Crippen molar-refractivity contribution >= 4 is 28.6 Å². The van der Waals surface area contributed by atoms with Gasteiger partial charge in [0, 0.05) is 31.0 Å². The molecule has 3 aromatic heterocycles. The van der Waals surface area contributed by atoms with E-state index >= 15 is 0 Å². The van der Waals surface area contributed by atoms with Gasteiger partial charge in [-0.25, -0.2) is 9.97 Å². The van der Waals surface area contributed by atoms with Crippen molar-refractivity contribution in [2.75, 3.05) is 36.5 Å². The van der Waals surface area contributed by atoms with Crippen LogP contribution in [0.5, 0.6) is 11.9 Å². The van der Waals surface area contributed by atoms with Crippen LogP contribution >= 0.6 is 0 Å². The first kappa shape index (κ1) is 23.3. The second-order valence-corrected chi connectivity index (χ2v) is 7.96. The van der Waals surface area contributed by atoms with Crippen molar-refractivity contribution in [1.82, 2.24) is 24.9 Å². The van der Waals surface area contributed by atoms with Crippen LogP contribution in [-0.2, 0) is 0 Å². The molecule has 0 amide bonds. The SMILES string of the molecule is CCCN(CCC)c1nc(OCCOc2ccccn2)nc2[nH]c(Nc3cccc(C)c3)nc12. The van der Waals surface area contributed by atoms with Gasteiger partial charge in [-0.15, -0.1) is 0 Å². The fourth-order valence-electron chi connectivity index (χ4n) is 3.64. The van der Waals surface area contributed by atoms with Crippen LogP contribution in [0.3, 0.4) is 0 Å². The molecule has 178 valence electrons. The molecule has 0 atom stereocenters. The lowest BCUT2D eigenvalue weighted by Gasteiger charge is -2.22. The Morgan fingerprint density at radius 2 is 1.76 bits per heavy atom. The second-order valence-electron chi connectivity index (χ2n) is 7.96. The molecule has 3 heterocycles. The highest BCUT2D eigenvalue weighted by molar-refractivity contribution is 5.86. The Morgan fingerprint density at radius 3 is 2.50 bits per heavy atom. The summed E-state index contributed by atoms with van der Waals surface area (Å²) in [6.07, 6.45) is 3.69. The van der Waals surface area contributed by atoms with Gasteiger partial charge in [0.15, 0.2) is 17.0 Å². The van der Waals surface area contributed by atoms with Crippen LogP contribution in [0.4, 0.5) is 17.5 Å². The number of nitrogens with zero attached hydrogens (tertiary/aromatic N) is 5. The van der Waals surface area contributed by atoms with E-state index in [-0.39, 0.29) is 6.01 Å². The van der Waals surface area contributed by atoms with E-state index in [0.717, 1.165) is 37.4 Å². The number of aromatic amines is 1. The number of H-pyrrole nitrogens is 1. The van der Waals surface area contributed by atoms with Crippen LogP contribution in [0, 0.1) is 6.92 Å². The molecule has 0 radical (unpaired) electrons. The number of hydrogen-bond acceptors (Lipinski definition) is 8. The maximum absolute atomic E-state index is 5.86. The maximum atomic E-state index is 5.86. The normalized spacial score (nSPS) is 10.9. The zero-order valence-corrected chi connectivity index (χ0v) is 19.9. The van der Waals surface area contributed by atoms with Gasteiger partial charge < -0.3 is 24.7 Å².